The predicted octanol–water partition coefficient (Wildman–Crippen LogP) is 2.48. The van der Waals surface area contributed by atoms with Gasteiger partial charge in [-0.25, -0.2) is 0 Å². The van der Waals surface area contributed by atoms with Crippen LogP contribution in [0.15, 0.2) is 30.3 Å². The molecule has 0 aliphatic rings. The standard InChI is InChI=1S/C18H30.Na.O2S/c1-2-3-4-5-6-7-8-9-10-12-15-18-16-13-11-14-17-18;;1-3-2/h11,13-14,16-17H,2-10,12,15H2,1H3;;/q;+1;. The Morgan fingerprint density at radius 1 is 0.727 bits per heavy atom. The molecule has 0 bridgehead atoms. The Kier molecular flexibility index (Phi) is 23.2. The van der Waals surface area contributed by atoms with Gasteiger partial charge in [0.15, 0.2) is 0 Å². The summed E-state index contributed by atoms with van der Waals surface area (Å²) >= 11 is -0.750. The first kappa shape index (κ1) is 24.3. The SMILES string of the molecule is CCCCCCCCCCCCc1ccccc1.O=S=O.[Na+]. The molecule has 0 aromatic heterocycles. The van der Waals surface area contributed by atoms with Gasteiger partial charge < -0.3 is 0 Å². The molecular formula is C18H30NaO2S+. The van der Waals surface area contributed by atoms with Gasteiger partial charge in [-0.1, -0.05) is 95.0 Å². The van der Waals surface area contributed by atoms with Gasteiger partial charge in [-0.3, -0.25) is 0 Å². The van der Waals surface area contributed by atoms with Crippen molar-refractivity contribution in [2.75, 3.05) is 0 Å². The molecule has 0 heterocycles. The fraction of sp³-hybridized carbons (Fsp3) is 0.667. The molecule has 2 nitrogen and oxygen atoms in total. The second kappa shape index (κ2) is 21.0. The van der Waals surface area contributed by atoms with Gasteiger partial charge in [0.2, 0.25) is 0 Å². The van der Waals surface area contributed by atoms with E-state index < -0.39 is 11.6 Å². The number of unbranched alkanes of at least 4 members (excludes halogenated alkanes) is 9. The van der Waals surface area contributed by atoms with E-state index in [0.29, 0.717) is 0 Å². The molecule has 22 heavy (non-hydrogen) atoms. The van der Waals surface area contributed by atoms with E-state index in [0.717, 1.165) is 0 Å². The third-order valence-corrected chi connectivity index (χ3v) is 3.66. The number of hydrogen-bond donors (Lipinski definition) is 0. The monoisotopic (exact) mass is 333 g/mol. The van der Waals surface area contributed by atoms with Gasteiger partial charge in [-0.05, 0) is 18.4 Å². The van der Waals surface area contributed by atoms with Crippen molar-refractivity contribution < 1.29 is 38.0 Å². The average molecular weight is 333 g/mol. The first-order valence-electron chi connectivity index (χ1n) is 8.30. The summed E-state index contributed by atoms with van der Waals surface area (Å²) in [5.74, 6) is 0. The van der Waals surface area contributed by atoms with E-state index in [-0.39, 0.29) is 29.6 Å². The number of rotatable bonds is 11. The van der Waals surface area contributed by atoms with Crippen molar-refractivity contribution >= 4 is 11.6 Å². The fourth-order valence-electron chi connectivity index (χ4n) is 2.46. The quantitative estimate of drug-likeness (QED) is 0.460. The molecule has 1 rings (SSSR count). The molecule has 0 atom stereocenters. The topological polar surface area (TPSA) is 34.1 Å². The van der Waals surface area contributed by atoms with E-state index in [9.17, 15) is 0 Å². The molecule has 0 spiro atoms. The smallest absolute Gasteiger partial charge is 0.168 e. The Hall–Kier alpha value is 0.0400. The molecule has 1 aromatic rings. The summed E-state index contributed by atoms with van der Waals surface area (Å²) in [6.07, 6.45) is 15.5. The van der Waals surface area contributed by atoms with Crippen molar-refractivity contribution in [2.24, 2.45) is 0 Å². The largest absolute Gasteiger partial charge is 1.00 e. The predicted molar refractivity (Wildman–Crippen MR) is 90.9 cm³/mol. The van der Waals surface area contributed by atoms with E-state index >= 15 is 0 Å². The van der Waals surface area contributed by atoms with Crippen molar-refractivity contribution in [1.82, 2.24) is 0 Å². The van der Waals surface area contributed by atoms with Crippen LogP contribution in [0.25, 0.3) is 0 Å². The van der Waals surface area contributed by atoms with Crippen LogP contribution >= 0.6 is 0 Å². The Morgan fingerprint density at radius 3 is 1.59 bits per heavy atom. The van der Waals surface area contributed by atoms with Crippen LogP contribution in [0.1, 0.15) is 76.7 Å². The minimum Gasteiger partial charge on any atom is -0.168 e. The van der Waals surface area contributed by atoms with Crippen molar-refractivity contribution in [3.8, 4) is 0 Å². The zero-order chi connectivity index (χ0) is 15.6. The summed E-state index contributed by atoms with van der Waals surface area (Å²) in [4.78, 5) is 0. The second-order valence-electron chi connectivity index (χ2n) is 5.49. The zero-order valence-electron chi connectivity index (χ0n) is 14.4. The van der Waals surface area contributed by atoms with Crippen LogP contribution in [0.2, 0.25) is 0 Å². The van der Waals surface area contributed by atoms with Crippen LogP contribution in [0, 0.1) is 0 Å². The Balaban J connectivity index is 0. The molecule has 1 aromatic carbocycles. The normalized spacial score (nSPS) is 9.32. The fourth-order valence-corrected chi connectivity index (χ4v) is 2.46. The third-order valence-electron chi connectivity index (χ3n) is 3.66. The summed E-state index contributed by atoms with van der Waals surface area (Å²) in [5.41, 5.74) is 1.50. The van der Waals surface area contributed by atoms with Crippen LogP contribution in [0.4, 0.5) is 0 Å². The van der Waals surface area contributed by atoms with E-state index in [2.05, 4.69) is 37.3 Å². The first-order valence-corrected chi connectivity index (χ1v) is 8.97. The third kappa shape index (κ3) is 18.1. The van der Waals surface area contributed by atoms with Crippen molar-refractivity contribution in [3.63, 3.8) is 0 Å². The Labute approximate surface area is 162 Å². The Bertz CT molecular complexity index is 351. The van der Waals surface area contributed by atoms with E-state index in [1.807, 2.05) is 0 Å². The summed E-state index contributed by atoms with van der Waals surface area (Å²) in [6, 6.07) is 10.9. The molecule has 0 aliphatic carbocycles. The van der Waals surface area contributed by atoms with Crippen molar-refractivity contribution in [1.29, 1.82) is 0 Å². The maximum absolute atomic E-state index is 8.29. The first-order chi connectivity index (χ1) is 10.3. The molecule has 0 radical (unpaired) electrons. The number of benzene rings is 1. The summed E-state index contributed by atoms with van der Waals surface area (Å²) in [6.45, 7) is 2.28. The minimum absolute atomic E-state index is 0. The molecule has 4 heteroatoms. The van der Waals surface area contributed by atoms with E-state index in [1.165, 1.54) is 76.2 Å². The van der Waals surface area contributed by atoms with E-state index in [1.54, 1.807) is 0 Å². The van der Waals surface area contributed by atoms with Crippen molar-refractivity contribution in [3.05, 3.63) is 35.9 Å². The molecule has 0 unspecified atom stereocenters. The van der Waals surface area contributed by atoms with Crippen molar-refractivity contribution in [2.45, 2.75) is 77.6 Å². The Morgan fingerprint density at radius 2 is 1.14 bits per heavy atom. The number of hydrogen-bond acceptors (Lipinski definition) is 2. The van der Waals surface area contributed by atoms with Gasteiger partial charge in [0.1, 0.15) is 0 Å². The molecule has 0 amide bonds. The number of aryl methyl sites for hydroxylation is 1. The van der Waals surface area contributed by atoms with Gasteiger partial charge in [0.05, 0.1) is 0 Å². The molecular weight excluding hydrogens is 303 g/mol. The maximum atomic E-state index is 8.29. The van der Waals surface area contributed by atoms with Gasteiger partial charge in [-0.15, -0.1) is 0 Å². The zero-order valence-corrected chi connectivity index (χ0v) is 17.2. The molecule has 0 saturated heterocycles. The van der Waals surface area contributed by atoms with Crippen LogP contribution in [0.3, 0.4) is 0 Å². The maximum Gasteiger partial charge on any atom is 1.00 e. The van der Waals surface area contributed by atoms with Gasteiger partial charge in [0, 0.05) is 0 Å². The summed E-state index contributed by atoms with van der Waals surface area (Å²) in [7, 11) is 0. The van der Waals surface area contributed by atoms with Gasteiger partial charge >= 0.3 is 41.1 Å². The van der Waals surface area contributed by atoms with Crippen LogP contribution in [-0.4, -0.2) is 8.42 Å². The van der Waals surface area contributed by atoms with Gasteiger partial charge in [0.25, 0.3) is 0 Å². The van der Waals surface area contributed by atoms with E-state index in [4.69, 9.17) is 8.42 Å². The summed E-state index contributed by atoms with van der Waals surface area (Å²) in [5, 5.41) is 0. The molecule has 0 aliphatic heterocycles. The summed E-state index contributed by atoms with van der Waals surface area (Å²) < 4.78 is 16.6. The van der Waals surface area contributed by atoms with Crippen LogP contribution < -0.4 is 29.6 Å². The second-order valence-corrected chi connectivity index (χ2v) is 5.62. The molecule has 0 N–H and O–H groups in total. The minimum atomic E-state index is -0.750. The molecule has 120 valence electrons. The van der Waals surface area contributed by atoms with Crippen LogP contribution in [-0.2, 0) is 18.0 Å². The van der Waals surface area contributed by atoms with Gasteiger partial charge in [-0.2, -0.15) is 8.42 Å². The molecule has 0 fully saturated rings. The molecule has 0 saturated carbocycles. The van der Waals surface area contributed by atoms with Crippen LogP contribution in [0.5, 0.6) is 0 Å². The average Bonchev–Trinajstić information content (AvgIpc) is 2.51.